The number of aliphatic imine (C=N–C) groups is 1. The van der Waals surface area contributed by atoms with Crippen LogP contribution in [-0.2, 0) is 12.8 Å². The number of nitrogens with one attached hydrogen (secondary N) is 1. The number of aryl methyl sites for hydroxylation is 1. The highest BCUT2D eigenvalue weighted by Gasteiger charge is 2.22. The van der Waals surface area contributed by atoms with Crippen LogP contribution in [0.25, 0.3) is 10.9 Å². The maximum atomic E-state index is 12.0. The summed E-state index contributed by atoms with van der Waals surface area (Å²) >= 11 is 1.62. The molecule has 1 aliphatic carbocycles. The van der Waals surface area contributed by atoms with Gasteiger partial charge in [0.05, 0.1) is 5.56 Å². The molecule has 0 saturated carbocycles. The van der Waals surface area contributed by atoms with Gasteiger partial charge in [-0.3, -0.25) is 4.79 Å². The number of thiophene rings is 1. The van der Waals surface area contributed by atoms with E-state index < -0.39 is 0 Å². The largest absolute Gasteiger partial charge is 0.365 e. The number of nitrogens with zero attached hydrogens (tertiary/aromatic N) is 1. The Morgan fingerprint density at radius 1 is 1.21 bits per heavy atom. The van der Waals surface area contributed by atoms with Crippen molar-refractivity contribution in [3.05, 3.63) is 52.0 Å². The molecule has 0 radical (unpaired) electrons. The fourth-order valence-corrected chi connectivity index (χ4v) is 4.64. The Hall–Kier alpha value is -2.40. The summed E-state index contributed by atoms with van der Waals surface area (Å²) in [5.74, 6) is -0.361. The number of carbonyl (C=O) groups excluding carboxylic acids is 1. The lowest BCUT2D eigenvalue weighted by Gasteiger charge is -2.00. The Morgan fingerprint density at radius 2 is 2.04 bits per heavy atom. The van der Waals surface area contributed by atoms with E-state index in [-0.39, 0.29) is 5.91 Å². The number of nitrogens with two attached hydrogens (primary N) is 1. The summed E-state index contributed by atoms with van der Waals surface area (Å²) < 4.78 is 0. The quantitative estimate of drug-likeness (QED) is 0.541. The van der Waals surface area contributed by atoms with Gasteiger partial charge in [-0.05, 0) is 37.3 Å². The predicted octanol–water partition coefficient (Wildman–Crippen LogP) is 4.35. The number of hydrogen-bond acceptors (Lipinski definition) is 3. The van der Waals surface area contributed by atoms with Crippen LogP contribution >= 0.6 is 11.3 Å². The Balaban J connectivity index is 1.75. The zero-order valence-corrected chi connectivity index (χ0v) is 14.2. The topological polar surface area (TPSA) is 71.2 Å². The number of aromatic nitrogens is 1. The van der Waals surface area contributed by atoms with Gasteiger partial charge in [0.15, 0.2) is 0 Å². The molecule has 1 aliphatic rings. The number of para-hydroxylation sites is 1. The number of benzene rings is 1. The molecular formula is C19H19N3OS. The van der Waals surface area contributed by atoms with Gasteiger partial charge < -0.3 is 10.7 Å². The van der Waals surface area contributed by atoms with Crippen LogP contribution in [0.1, 0.15) is 45.6 Å². The molecule has 3 aromatic rings. The second kappa shape index (κ2) is 6.24. The van der Waals surface area contributed by atoms with Crippen molar-refractivity contribution in [1.82, 2.24) is 4.98 Å². The van der Waals surface area contributed by atoms with Crippen LogP contribution in [0.15, 0.2) is 35.5 Å². The van der Waals surface area contributed by atoms with Gasteiger partial charge in [0, 0.05) is 33.8 Å². The molecule has 4 rings (SSSR count). The molecule has 1 amide bonds. The lowest BCUT2D eigenvalue weighted by molar-refractivity contribution is 0.100. The van der Waals surface area contributed by atoms with E-state index in [1.165, 1.54) is 17.7 Å². The number of amides is 1. The predicted molar refractivity (Wildman–Crippen MR) is 99.6 cm³/mol. The van der Waals surface area contributed by atoms with E-state index >= 15 is 0 Å². The van der Waals surface area contributed by atoms with Crippen molar-refractivity contribution in [1.29, 1.82) is 0 Å². The van der Waals surface area contributed by atoms with Crippen LogP contribution in [0.5, 0.6) is 0 Å². The second-order valence-corrected chi connectivity index (χ2v) is 7.24. The second-order valence-electron chi connectivity index (χ2n) is 6.16. The van der Waals surface area contributed by atoms with E-state index in [0.29, 0.717) is 5.56 Å². The number of hydrogen-bond donors (Lipinski definition) is 2. The van der Waals surface area contributed by atoms with Gasteiger partial charge >= 0.3 is 0 Å². The van der Waals surface area contributed by atoms with Crippen molar-refractivity contribution in [3.63, 3.8) is 0 Å². The molecule has 1 aromatic carbocycles. The third-order valence-electron chi connectivity index (χ3n) is 4.59. The zero-order valence-electron chi connectivity index (χ0n) is 13.3. The van der Waals surface area contributed by atoms with E-state index in [1.54, 1.807) is 11.3 Å². The van der Waals surface area contributed by atoms with E-state index in [4.69, 9.17) is 5.73 Å². The number of primary amides is 1. The van der Waals surface area contributed by atoms with Gasteiger partial charge in [0.1, 0.15) is 5.00 Å². The van der Waals surface area contributed by atoms with Gasteiger partial charge in [0.25, 0.3) is 5.91 Å². The van der Waals surface area contributed by atoms with E-state index in [1.807, 2.05) is 30.6 Å². The summed E-state index contributed by atoms with van der Waals surface area (Å²) in [6.45, 7) is 0. The first-order valence-electron chi connectivity index (χ1n) is 8.28. The number of rotatable bonds is 3. The van der Waals surface area contributed by atoms with Crippen molar-refractivity contribution >= 4 is 39.4 Å². The third kappa shape index (κ3) is 2.65. The average Bonchev–Trinajstić information content (AvgIpc) is 3.07. The first kappa shape index (κ1) is 15.1. The minimum absolute atomic E-state index is 0.361. The lowest BCUT2D eigenvalue weighted by Crippen LogP contribution is -2.12. The van der Waals surface area contributed by atoms with Crippen molar-refractivity contribution in [2.45, 2.75) is 32.1 Å². The first-order chi connectivity index (χ1) is 11.7. The molecule has 0 saturated heterocycles. The fourth-order valence-electron chi connectivity index (χ4n) is 3.40. The standard InChI is InChI=1S/C19H19N3OS/c20-18(23)17-14-7-2-1-3-9-16(14)24-19(17)22-11-12-10-21-15-8-5-4-6-13(12)15/h4-6,8,10-11,21H,1-3,7,9H2,(H2,20,23). The molecule has 24 heavy (non-hydrogen) atoms. The summed E-state index contributed by atoms with van der Waals surface area (Å²) in [5, 5.41) is 1.87. The van der Waals surface area contributed by atoms with E-state index in [0.717, 1.165) is 46.3 Å². The Labute approximate surface area is 144 Å². The minimum atomic E-state index is -0.361. The van der Waals surface area contributed by atoms with Crippen LogP contribution in [-0.4, -0.2) is 17.1 Å². The molecule has 2 heterocycles. The highest BCUT2D eigenvalue weighted by atomic mass is 32.1. The first-order valence-corrected chi connectivity index (χ1v) is 9.10. The summed E-state index contributed by atoms with van der Waals surface area (Å²) in [6, 6.07) is 8.11. The minimum Gasteiger partial charge on any atom is -0.365 e. The van der Waals surface area contributed by atoms with Gasteiger partial charge in [-0.15, -0.1) is 11.3 Å². The van der Waals surface area contributed by atoms with Gasteiger partial charge in [0.2, 0.25) is 0 Å². The van der Waals surface area contributed by atoms with Gasteiger partial charge in [-0.1, -0.05) is 24.6 Å². The van der Waals surface area contributed by atoms with Gasteiger partial charge in [-0.2, -0.15) is 0 Å². The van der Waals surface area contributed by atoms with E-state index in [9.17, 15) is 4.79 Å². The summed E-state index contributed by atoms with van der Waals surface area (Å²) in [6.07, 6.45) is 9.25. The molecule has 2 aromatic heterocycles. The molecule has 3 N–H and O–H groups in total. The summed E-state index contributed by atoms with van der Waals surface area (Å²) in [4.78, 5) is 21.1. The number of carbonyl (C=O) groups is 1. The third-order valence-corrected chi connectivity index (χ3v) is 5.79. The monoisotopic (exact) mass is 337 g/mol. The smallest absolute Gasteiger partial charge is 0.252 e. The number of fused-ring (bicyclic) bond motifs is 2. The van der Waals surface area contributed by atoms with Crippen molar-refractivity contribution in [2.75, 3.05) is 0 Å². The lowest BCUT2D eigenvalue weighted by atomic mass is 10.1. The van der Waals surface area contributed by atoms with Crippen molar-refractivity contribution in [3.8, 4) is 0 Å². The Morgan fingerprint density at radius 3 is 2.92 bits per heavy atom. The van der Waals surface area contributed by atoms with Crippen molar-refractivity contribution in [2.24, 2.45) is 10.7 Å². The molecular weight excluding hydrogens is 318 g/mol. The molecule has 5 heteroatoms. The van der Waals surface area contributed by atoms with Crippen LogP contribution in [0.3, 0.4) is 0 Å². The number of aromatic amines is 1. The fraction of sp³-hybridized carbons (Fsp3) is 0.263. The molecule has 0 bridgehead atoms. The average molecular weight is 337 g/mol. The van der Waals surface area contributed by atoms with Crippen LogP contribution in [0.4, 0.5) is 5.00 Å². The van der Waals surface area contributed by atoms with Crippen molar-refractivity contribution < 1.29 is 4.79 Å². The van der Waals surface area contributed by atoms with Crippen LogP contribution < -0.4 is 5.73 Å². The number of H-pyrrole nitrogens is 1. The Bertz CT molecular complexity index is 935. The van der Waals surface area contributed by atoms with E-state index in [2.05, 4.69) is 16.0 Å². The maximum absolute atomic E-state index is 12.0. The zero-order chi connectivity index (χ0) is 16.5. The highest BCUT2D eigenvalue weighted by molar-refractivity contribution is 7.16. The normalized spacial score (nSPS) is 14.8. The summed E-state index contributed by atoms with van der Waals surface area (Å²) in [5.41, 5.74) is 9.53. The van der Waals surface area contributed by atoms with Gasteiger partial charge in [-0.25, -0.2) is 4.99 Å². The van der Waals surface area contributed by atoms with Crippen LogP contribution in [0.2, 0.25) is 0 Å². The van der Waals surface area contributed by atoms with Crippen LogP contribution in [0, 0.1) is 0 Å². The maximum Gasteiger partial charge on any atom is 0.252 e. The molecule has 0 unspecified atom stereocenters. The molecule has 4 nitrogen and oxygen atoms in total. The Kier molecular flexibility index (Phi) is 3.94. The molecule has 0 spiro atoms. The highest BCUT2D eigenvalue weighted by Crippen LogP contribution is 2.39. The molecule has 0 aliphatic heterocycles. The summed E-state index contributed by atoms with van der Waals surface area (Å²) in [7, 11) is 0. The molecule has 0 fully saturated rings. The molecule has 0 atom stereocenters. The molecule has 122 valence electrons. The SMILES string of the molecule is NC(=O)c1c(N=Cc2c[nH]c3ccccc23)sc2c1CCCCC2.